The molecule has 0 radical (unpaired) electrons. The third-order valence-electron chi connectivity index (χ3n) is 2.20. The Hall–Kier alpha value is -1.53. The summed E-state index contributed by atoms with van der Waals surface area (Å²) in [6, 6.07) is 5.94. The second-order valence-electron chi connectivity index (χ2n) is 3.38. The SMILES string of the molecule is Brc1cncc(-c2n[nH]c(-c3cccs3)n2)c1. The lowest BCUT2D eigenvalue weighted by molar-refractivity contribution is 1.10. The van der Waals surface area contributed by atoms with Crippen LogP contribution >= 0.6 is 27.3 Å². The maximum absolute atomic E-state index is 4.45. The van der Waals surface area contributed by atoms with Crippen molar-refractivity contribution in [3.05, 3.63) is 40.4 Å². The first kappa shape index (κ1) is 10.6. The van der Waals surface area contributed by atoms with Crippen LogP contribution in [0, 0.1) is 0 Å². The molecule has 0 spiro atoms. The molecule has 1 N–H and O–H groups in total. The molecule has 0 aliphatic carbocycles. The minimum absolute atomic E-state index is 0.655. The Morgan fingerprint density at radius 2 is 2.24 bits per heavy atom. The van der Waals surface area contributed by atoms with Crippen LogP contribution in [0.5, 0.6) is 0 Å². The molecule has 0 unspecified atom stereocenters. The van der Waals surface area contributed by atoms with Gasteiger partial charge in [0.05, 0.1) is 4.88 Å². The second-order valence-corrected chi connectivity index (χ2v) is 5.24. The zero-order valence-corrected chi connectivity index (χ0v) is 11.0. The van der Waals surface area contributed by atoms with Crippen LogP contribution in [-0.4, -0.2) is 20.2 Å². The molecule has 3 aromatic heterocycles. The van der Waals surface area contributed by atoms with Crippen LogP contribution < -0.4 is 0 Å². The van der Waals surface area contributed by atoms with E-state index in [0.717, 1.165) is 20.7 Å². The highest BCUT2D eigenvalue weighted by atomic mass is 79.9. The first-order chi connectivity index (χ1) is 8.33. The summed E-state index contributed by atoms with van der Waals surface area (Å²) in [5.74, 6) is 1.44. The third-order valence-corrected chi connectivity index (χ3v) is 3.51. The minimum atomic E-state index is 0.655. The molecule has 0 aliphatic rings. The third kappa shape index (κ3) is 2.13. The van der Waals surface area contributed by atoms with Crippen molar-refractivity contribution in [2.24, 2.45) is 0 Å². The molecular weight excluding hydrogens is 300 g/mol. The molecule has 0 amide bonds. The number of hydrogen-bond acceptors (Lipinski definition) is 4. The number of thiophene rings is 1. The largest absolute Gasteiger partial charge is 0.263 e. The van der Waals surface area contributed by atoms with Crippen molar-refractivity contribution in [2.75, 3.05) is 0 Å². The van der Waals surface area contributed by atoms with Gasteiger partial charge in [0.25, 0.3) is 0 Å². The van der Waals surface area contributed by atoms with Gasteiger partial charge in [-0.3, -0.25) is 10.1 Å². The fourth-order valence-corrected chi connectivity index (χ4v) is 2.48. The van der Waals surface area contributed by atoms with E-state index in [0.29, 0.717) is 5.82 Å². The Morgan fingerprint density at radius 3 is 3.00 bits per heavy atom. The number of rotatable bonds is 2. The van der Waals surface area contributed by atoms with Crippen LogP contribution in [0.15, 0.2) is 40.4 Å². The van der Waals surface area contributed by atoms with E-state index in [1.165, 1.54) is 0 Å². The van der Waals surface area contributed by atoms with E-state index in [1.54, 1.807) is 23.7 Å². The lowest BCUT2D eigenvalue weighted by atomic mass is 10.3. The van der Waals surface area contributed by atoms with E-state index in [4.69, 9.17) is 0 Å². The maximum Gasteiger partial charge on any atom is 0.183 e. The summed E-state index contributed by atoms with van der Waals surface area (Å²) in [7, 11) is 0. The number of pyridine rings is 1. The number of hydrogen-bond donors (Lipinski definition) is 1. The van der Waals surface area contributed by atoms with Gasteiger partial charge in [-0.2, -0.15) is 5.10 Å². The predicted octanol–water partition coefficient (Wildman–Crippen LogP) is 3.36. The van der Waals surface area contributed by atoms with Crippen molar-refractivity contribution < 1.29 is 0 Å². The molecule has 0 fully saturated rings. The molecule has 17 heavy (non-hydrogen) atoms. The summed E-state index contributed by atoms with van der Waals surface area (Å²) in [5.41, 5.74) is 0.887. The van der Waals surface area contributed by atoms with Crippen molar-refractivity contribution in [2.45, 2.75) is 0 Å². The van der Waals surface area contributed by atoms with Crippen LogP contribution in [0.1, 0.15) is 0 Å². The van der Waals surface area contributed by atoms with E-state index in [-0.39, 0.29) is 0 Å². The van der Waals surface area contributed by atoms with Gasteiger partial charge in [-0.1, -0.05) is 6.07 Å². The van der Waals surface area contributed by atoms with Gasteiger partial charge in [-0.15, -0.1) is 11.3 Å². The maximum atomic E-state index is 4.45. The van der Waals surface area contributed by atoms with Gasteiger partial charge in [-0.05, 0) is 33.4 Å². The monoisotopic (exact) mass is 306 g/mol. The number of nitrogens with one attached hydrogen (secondary N) is 1. The number of aromatic amines is 1. The highest BCUT2D eigenvalue weighted by Crippen LogP contribution is 2.24. The molecule has 0 saturated heterocycles. The van der Waals surface area contributed by atoms with Gasteiger partial charge < -0.3 is 0 Å². The molecule has 4 nitrogen and oxygen atoms in total. The number of H-pyrrole nitrogens is 1. The van der Waals surface area contributed by atoms with Crippen molar-refractivity contribution in [1.29, 1.82) is 0 Å². The molecule has 3 rings (SSSR count). The molecule has 6 heteroatoms. The van der Waals surface area contributed by atoms with E-state index >= 15 is 0 Å². The van der Waals surface area contributed by atoms with Crippen LogP contribution in [0.3, 0.4) is 0 Å². The average Bonchev–Trinajstić information content (AvgIpc) is 3.00. The molecule has 0 bridgehead atoms. The molecule has 3 aromatic rings. The summed E-state index contributed by atoms with van der Waals surface area (Å²) >= 11 is 5.01. The molecule has 0 saturated carbocycles. The zero-order chi connectivity index (χ0) is 11.7. The van der Waals surface area contributed by atoms with Crippen LogP contribution in [0.25, 0.3) is 22.1 Å². The van der Waals surface area contributed by atoms with E-state index < -0.39 is 0 Å². The summed E-state index contributed by atoms with van der Waals surface area (Å²) in [4.78, 5) is 9.62. The van der Waals surface area contributed by atoms with Gasteiger partial charge in [0.2, 0.25) is 0 Å². The average molecular weight is 307 g/mol. The van der Waals surface area contributed by atoms with Crippen LogP contribution in [0.4, 0.5) is 0 Å². The highest BCUT2D eigenvalue weighted by Gasteiger charge is 2.08. The van der Waals surface area contributed by atoms with Crippen LogP contribution in [-0.2, 0) is 0 Å². The second kappa shape index (κ2) is 4.38. The Labute approximate surface area is 110 Å². The number of nitrogens with zero attached hydrogens (tertiary/aromatic N) is 3. The normalized spacial score (nSPS) is 10.6. The van der Waals surface area contributed by atoms with Gasteiger partial charge >= 0.3 is 0 Å². The van der Waals surface area contributed by atoms with Crippen molar-refractivity contribution >= 4 is 27.3 Å². The van der Waals surface area contributed by atoms with Gasteiger partial charge in [0, 0.05) is 22.4 Å². The quantitative estimate of drug-likeness (QED) is 0.790. The van der Waals surface area contributed by atoms with Gasteiger partial charge in [-0.25, -0.2) is 4.98 Å². The highest BCUT2D eigenvalue weighted by molar-refractivity contribution is 9.10. The van der Waals surface area contributed by atoms with Gasteiger partial charge in [0.15, 0.2) is 11.6 Å². The summed E-state index contributed by atoms with van der Waals surface area (Å²) < 4.78 is 0.914. The number of halogens is 1. The molecule has 0 aromatic carbocycles. The van der Waals surface area contributed by atoms with Crippen molar-refractivity contribution in [3.63, 3.8) is 0 Å². The lowest BCUT2D eigenvalue weighted by Gasteiger charge is -1.94. The van der Waals surface area contributed by atoms with Crippen molar-refractivity contribution in [1.82, 2.24) is 20.2 Å². The fraction of sp³-hybridized carbons (Fsp3) is 0. The van der Waals surface area contributed by atoms with E-state index in [2.05, 4.69) is 36.1 Å². The Kier molecular flexibility index (Phi) is 2.74. The first-order valence-electron chi connectivity index (χ1n) is 4.90. The predicted molar refractivity (Wildman–Crippen MR) is 70.6 cm³/mol. The zero-order valence-electron chi connectivity index (χ0n) is 8.59. The van der Waals surface area contributed by atoms with E-state index in [9.17, 15) is 0 Å². The number of aromatic nitrogens is 4. The van der Waals surface area contributed by atoms with Crippen LogP contribution in [0.2, 0.25) is 0 Å². The lowest BCUT2D eigenvalue weighted by Crippen LogP contribution is -1.82. The Balaban J connectivity index is 2.01. The standard InChI is InChI=1S/C11H7BrN4S/c12-8-4-7(5-13-6-8)10-14-11(16-15-10)9-2-1-3-17-9/h1-6H,(H,14,15,16). The molecule has 3 heterocycles. The smallest absolute Gasteiger partial charge is 0.183 e. The summed E-state index contributed by atoms with van der Waals surface area (Å²) in [6.07, 6.45) is 3.47. The molecule has 0 atom stereocenters. The van der Waals surface area contributed by atoms with Gasteiger partial charge in [0.1, 0.15) is 0 Å². The summed E-state index contributed by atoms with van der Waals surface area (Å²) in [5, 5.41) is 9.14. The summed E-state index contributed by atoms with van der Waals surface area (Å²) in [6.45, 7) is 0. The Bertz CT molecular complexity index is 632. The topological polar surface area (TPSA) is 54.5 Å². The van der Waals surface area contributed by atoms with E-state index in [1.807, 2.05) is 23.6 Å². The Morgan fingerprint density at radius 1 is 1.29 bits per heavy atom. The first-order valence-corrected chi connectivity index (χ1v) is 6.57. The molecule has 84 valence electrons. The molecule has 0 aliphatic heterocycles. The minimum Gasteiger partial charge on any atom is -0.263 e. The van der Waals surface area contributed by atoms with Crippen molar-refractivity contribution in [3.8, 4) is 22.1 Å². The fourth-order valence-electron chi connectivity index (χ4n) is 1.45. The molecular formula is C11H7BrN4S.